The minimum atomic E-state index is -0.0600. The van der Waals surface area contributed by atoms with Crippen LogP contribution < -0.4 is 4.74 Å². The van der Waals surface area contributed by atoms with Crippen molar-refractivity contribution < 1.29 is 14.1 Å². The van der Waals surface area contributed by atoms with Gasteiger partial charge in [-0.25, -0.2) is 4.98 Å². The first-order valence-corrected chi connectivity index (χ1v) is 11.0. The molecule has 2 aromatic heterocycles. The molecule has 33 heavy (non-hydrogen) atoms. The Kier molecular flexibility index (Phi) is 5.93. The van der Waals surface area contributed by atoms with E-state index in [1.807, 2.05) is 41.3 Å². The summed E-state index contributed by atoms with van der Waals surface area (Å²) in [6.07, 6.45) is 0. The van der Waals surface area contributed by atoms with Crippen molar-refractivity contribution in [3.8, 4) is 17.1 Å². The van der Waals surface area contributed by atoms with E-state index in [-0.39, 0.29) is 5.91 Å². The Morgan fingerprint density at radius 2 is 1.82 bits per heavy atom. The van der Waals surface area contributed by atoms with Gasteiger partial charge in [-0.1, -0.05) is 22.8 Å². The van der Waals surface area contributed by atoms with E-state index < -0.39 is 0 Å². The number of pyridine rings is 1. The minimum absolute atomic E-state index is 0.0600. The summed E-state index contributed by atoms with van der Waals surface area (Å²) in [5.41, 5.74) is 2.07. The van der Waals surface area contributed by atoms with Crippen LogP contribution in [0.4, 0.5) is 0 Å². The Morgan fingerprint density at radius 1 is 1.03 bits per heavy atom. The number of benzene rings is 2. The average molecular weight is 464 g/mol. The molecule has 0 N–H and O–H groups in total. The fourth-order valence-electron chi connectivity index (χ4n) is 3.85. The second-order valence-corrected chi connectivity index (χ2v) is 8.28. The van der Waals surface area contributed by atoms with Gasteiger partial charge in [0.15, 0.2) is 0 Å². The first-order valence-electron chi connectivity index (χ1n) is 10.6. The molecule has 0 radical (unpaired) electrons. The Morgan fingerprint density at radius 3 is 2.58 bits per heavy atom. The van der Waals surface area contributed by atoms with Crippen molar-refractivity contribution in [1.82, 2.24) is 24.9 Å². The van der Waals surface area contributed by atoms with Gasteiger partial charge in [-0.3, -0.25) is 9.69 Å². The number of ether oxygens (including phenoxy) is 1. The second-order valence-electron chi connectivity index (χ2n) is 7.84. The van der Waals surface area contributed by atoms with Crippen LogP contribution in [0.3, 0.4) is 0 Å². The molecule has 8 nitrogen and oxygen atoms in total. The average Bonchev–Trinajstić information content (AvgIpc) is 3.32. The first kappa shape index (κ1) is 21.4. The zero-order valence-corrected chi connectivity index (χ0v) is 18.8. The molecule has 0 atom stereocenters. The molecule has 0 saturated carbocycles. The predicted octanol–water partition coefficient (Wildman–Crippen LogP) is 3.90. The molecule has 1 aliphatic heterocycles. The number of piperazine rings is 1. The molecule has 9 heteroatoms. The third kappa shape index (κ3) is 4.67. The third-order valence-electron chi connectivity index (χ3n) is 5.70. The first-order chi connectivity index (χ1) is 16.1. The lowest BCUT2D eigenvalue weighted by Gasteiger charge is -2.33. The van der Waals surface area contributed by atoms with E-state index >= 15 is 0 Å². The van der Waals surface area contributed by atoms with Crippen LogP contribution in [0, 0.1) is 0 Å². The van der Waals surface area contributed by atoms with E-state index in [9.17, 15) is 4.79 Å². The van der Waals surface area contributed by atoms with Crippen molar-refractivity contribution in [2.45, 2.75) is 6.54 Å². The number of hydrogen-bond donors (Lipinski definition) is 0. The fourth-order valence-corrected chi connectivity index (χ4v) is 3.97. The highest BCUT2D eigenvalue weighted by atomic mass is 35.5. The van der Waals surface area contributed by atoms with Crippen molar-refractivity contribution in [3.05, 3.63) is 71.2 Å². The number of carbonyl (C=O) groups is 1. The monoisotopic (exact) mass is 463 g/mol. The standard InChI is InChI=1S/C24H22ClN5O3/c1-32-19-7-9-20-17(14-19)4-8-21(26-20)24(31)30-12-10-29(11-13-30)15-22-27-23(28-33-22)16-2-5-18(25)6-3-16/h2-9,14H,10-13,15H2,1H3. The topological polar surface area (TPSA) is 84.6 Å². The van der Waals surface area contributed by atoms with Gasteiger partial charge >= 0.3 is 0 Å². The molecule has 0 spiro atoms. The molecule has 4 aromatic rings. The van der Waals surface area contributed by atoms with Gasteiger partial charge in [0.05, 0.1) is 19.2 Å². The maximum absolute atomic E-state index is 13.0. The number of amides is 1. The molecule has 1 fully saturated rings. The molecule has 0 bridgehead atoms. The Bertz CT molecular complexity index is 1280. The van der Waals surface area contributed by atoms with E-state index in [1.165, 1.54) is 0 Å². The summed E-state index contributed by atoms with van der Waals surface area (Å²) in [5, 5.41) is 5.66. The van der Waals surface area contributed by atoms with Crippen molar-refractivity contribution >= 4 is 28.4 Å². The highest BCUT2D eigenvalue weighted by Crippen LogP contribution is 2.21. The van der Waals surface area contributed by atoms with Gasteiger partial charge in [-0.15, -0.1) is 0 Å². The van der Waals surface area contributed by atoms with E-state index in [4.69, 9.17) is 20.9 Å². The zero-order valence-electron chi connectivity index (χ0n) is 18.1. The maximum atomic E-state index is 13.0. The van der Waals surface area contributed by atoms with Crippen molar-refractivity contribution in [2.75, 3.05) is 33.3 Å². The summed E-state index contributed by atoms with van der Waals surface area (Å²) in [4.78, 5) is 26.1. The van der Waals surface area contributed by atoms with Gasteiger partial charge in [0.2, 0.25) is 11.7 Å². The number of aromatic nitrogens is 3. The molecule has 5 rings (SSSR count). The third-order valence-corrected chi connectivity index (χ3v) is 5.96. The van der Waals surface area contributed by atoms with E-state index in [1.54, 1.807) is 25.3 Å². The number of carbonyl (C=O) groups excluding carboxylic acids is 1. The zero-order chi connectivity index (χ0) is 22.8. The van der Waals surface area contributed by atoms with Gasteiger partial charge < -0.3 is 14.2 Å². The van der Waals surface area contributed by atoms with Crippen LogP contribution in [0.2, 0.25) is 5.02 Å². The van der Waals surface area contributed by atoms with Gasteiger partial charge in [0.1, 0.15) is 11.4 Å². The van der Waals surface area contributed by atoms with Crippen LogP contribution in [0.5, 0.6) is 5.75 Å². The molecule has 1 amide bonds. The predicted molar refractivity (Wildman–Crippen MR) is 124 cm³/mol. The summed E-state index contributed by atoms with van der Waals surface area (Å²) in [6, 6.07) is 16.6. The van der Waals surface area contributed by atoms with Crippen molar-refractivity contribution in [3.63, 3.8) is 0 Å². The number of fused-ring (bicyclic) bond motifs is 1. The summed E-state index contributed by atoms with van der Waals surface area (Å²) < 4.78 is 10.7. The Balaban J connectivity index is 1.19. The molecule has 0 unspecified atom stereocenters. The van der Waals surface area contributed by atoms with E-state index in [0.29, 0.717) is 42.1 Å². The fraction of sp³-hybridized carbons (Fsp3) is 0.250. The second kappa shape index (κ2) is 9.17. The number of nitrogens with zero attached hydrogens (tertiary/aromatic N) is 5. The number of halogens is 1. The van der Waals surface area contributed by atoms with Gasteiger partial charge in [-0.2, -0.15) is 4.98 Å². The summed E-state index contributed by atoms with van der Waals surface area (Å²) >= 11 is 5.94. The molecule has 168 valence electrons. The molecule has 0 aliphatic carbocycles. The Hall–Kier alpha value is -3.49. The van der Waals surface area contributed by atoms with E-state index in [0.717, 1.165) is 35.3 Å². The van der Waals surface area contributed by atoms with Gasteiger partial charge in [-0.05, 0) is 48.5 Å². The maximum Gasteiger partial charge on any atom is 0.272 e. The van der Waals surface area contributed by atoms with Crippen molar-refractivity contribution in [2.24, 2.45) is 0 Å². The normalized spacial score (nSPS) is 14.5. The van der Waals surface area contributed by atoms with E-state index in [2.05, 4.69) is 20.0 Å². The highest BCUT2D eigenvalue weighted by molar-refractivity contribution is 6.30. The quantitative estimate of drug-likeness (QED) is 0.443. The van der Waals surface area contributed by atoms with Gasteiger partial charge in [0.25, 0.3) is 5.91 Å². The van der Waals surface area contributed by atoms with Crippen molar-refractivity contribution in [1.29, 1.82) is 0 Å². The smallest absolute Gasteiger partial charge is 0.272 e. The van der Waals surface area contributed by atoms with Crippen LogP contribution in [0.15, 0.2) is 59.1 Å². The van der Waals surface area contributed by atoms with Crippen LogP contribution >= 0.6 is 11.6 Å². The summed E-state index contributed by atoms with van der Waals surface area (Å²) in [6.45, 7) is 3.20. The lowest BCUT2D eigenvalue weighted by Crippen LogP contribution is -2.48. The van der Waals surface area contributed by atoms with Gasteiger partial charge in [0, 0.05) is 42.2 Å². The summed E-state index contributed by atoms with van der Waals surface area (Å²) in [7, 11) is 1.63. The molecule has 1 aliphatic rings. The molecule has 2 aromatic carbocycles. The lowest BCUT2D eigenvalue weighted by molar-refractivity contribution is 0.0610. The van der Waals surface area contributed by atoms with Crippen LogP contribution in [0.1, 0.15) is 16.4 Å². The SMILES string of the molecule is COc1ccc2nc(C(=O)N3CCN(Cc4nc(-c5ccc(Cl)cc5)no4)CC3)ccc2c1. The number of methoxy groups -OCH3 is 1. The molecule has 1 saturated heterocycles. The molecular formula is C24H22ClN5O3. The van der Waals surface area contributed by atoms with Crippen LogP contribution in [0.25, 0.3) is 22.3 Å². The molecular weight excluding hydrogens is 442 g/mol. The number of hydrogen-bond acceptors (Lipinski definition) is 7. The van der Waals surface area contributed by atoms with Crippen LogP contribution in [-0.2, 0) is 6.54 Å². The minimum Gasteiger partial charge on any atom is -0.497 e. The highest BCUT2D eigenvalue weighted by Gasteiger charge is 2.24. The summed E-state index contributed by atoms with van der Waals surface area (Å²) in [5.74, 6) is 1.79. The lowest BCUT2D eigenvalue weighted by atomic mass is 10.2. The largest absolute Gasteiger partial charge is 0.497 e. The Labute approximate surface area is 195 Å². The van der Waals surface area contributed by atoms with Crippen LogP contribution in [-0.4, -0.2) is 64.1 Å². The number of rotatable bonds is 5. The molecule has 3 heterocycles.